The Bertz CT molecular complexity index is 580. The Morgan fingerprint density at radius 3 is 2.75 bits per heavy atom. The molecule has 0 unspecified atom stereocenters. The van der Waals surface area contributed by atoms with Crippen LogP contribution in [0.5, 0.6) is 0 Å². The van der Waals surface area contributed by atoms with Crippen molar-refractivity contribution in [2.75, 3.05) is 5.75 Å². The van der Waals surface area contributed by atoms with E-state index < -0.39 is 0 Å². The number of nitrogens with one attached hydrogen (secondary N) is 2. The van der Waals surface area contributed by atoms with Crippen LogP contribution in [0.1, 0.15) is 13.8 Å². The van der Waals surface area contributed by atoms with Gasteiger partial charge in [0.1, 0.15) is 5.82 Å². The lowest BCUT2D eigenvalue weighted by atomic mass is 10.2. The minimum Gasteiger partial charge on any atom is -0.353 e. The van der Waals surface area contributed by atoms with Crippen molar-refractivity contribution >= 4 is 17.7 Å². The van der Waals surface area contributed by atoms with E-state index in [2.05, 4.69) is 15.3 Å². The molecule has 0 aliphatic heterocycles. The molecule has 1 heterocycles. The van der Waals surface area contributed by atoms with Crippen LogP contribution in [0, 0.1) is 5.82 Å². The number of carbonyl (C=O) groups excluding carboxylic acids is 1. The molecule has 1 aromatic carbocycles. The Morgan fingerprint density at radius 2 is 2.10 bits per heavy atom. The average Bonchev–Trinajstić information content (AvgIpc) is 2.85. The molecule has 2 rings (SSSR count). The Balaban J connectivity index is 1.95. The second-order valence-electron chi connectivity index (χ2n) is 4.62. The van der Waals surface area contributed by atoms with Crippen LogP contribution >= 0.6 is 11.8 Å². The largest absolute Gasteiger partial charge is 0.353 e. The summed E-state index contributed by atoms with van der Waals surface area (Å²) in [5, 5.41) is 3.48. The highest BCUT2D eigenvalue weighted by Crippen LogP contribution is 2.21. The molecule has 106 valence electrons. The molecule has 0 atom stereocenters. The number of rotatable bonds is 5. The van der Waals surface area contributed by atoms with Crippen molar-refractivity contribution in [1.82, 2.24) is 15.3 Å². The van der Waals surface area contributed by atoms with Crippen molar-refractivity contribution in [2.24, 2.45) is 0 Å². The maximum atomic E-state index is 12.8. The summed E-state index contributed by atoms with van der Waals surface area (Å²) in [6, 6.07) is 6.30. The monoisotopic (exact) mass is 293 g/mol. The topological polar surface area (TPSA) is 57.8 Å². The maximum absolute atomic E-state index is 12.8. The standard InChI is InChI=1S/C14H16FN3OS/c1-9(2)17-13(19)8-20-14-16-7-12(18-14)10-3-5-11(15)6-4-10/h3-7,9H,8H2,1-2H3,(H,16,18)(H,17,19). The molecule has 20 heavy (non-hydrogen) atoms. The number of H-pyrrole nitrogens is 1. The molecule has 1 aromatic heterocycles. The number of hydrogen-bond donors (Lipinski definition) is 2. The quantitative estimate of drug-likeness (QED) is 0.833. The molecule has 0 bridgehead atoms. The molecule has 1 amide bonds. The van der Waals surface area contributed by atoms with E-state index in [1.807, 2.05) is 13.8 Å². The minimum atomic E-state index is -0.270. The summed E-state index contributed by atoms with van der Waals surface area (Å²) in [5.41, 5.74) is 1.66. The van der Waals surface area contributed by atoms with E-state index in [4.69, 9.17) is 0 Å². The van der Waals surface area contributed by atoms with E-state index in [1.54, 1.807) is 18.3 Å². The number of carbonyl (C=O) groups is 1. The number of aromatic amines is 1. The third-order valence-corrected chi connectivity index (χ3v) is 3.38. The van der Waals surface area contributed by atoms with Gasteiger partial charge in [-0.2, -0.15) is 0 Å². The van der Waals surface area contributed by atoms with Gasteiger partial charge < -0.3 is 10.3 Å². The van der Waals surface area contributed by atoms with E-state index in [1.165, 1.54) is 23.9 Å². The van der Waals surface area contributed by atoms with Crippen LogP contribution in [-0.2, 0) is 4.79 Å². The van der Waals surface area contributed by atoms with Crippen LogP contribution in [0.4, 0.5) is 4.39 Å². The number of aromatic nitrogens is 2. The summed E-state index contributed by atoms with van der Waals surface area (Å²) in [6.07, 6.45) is 1.68. The zero-order valence-corrected chi connectivity index (χ0v) is 12.1. The van der Waals surface area contributed by atoms with Crippen molar-refractivity contribution in [1.29, 1.82) is 0 Å². The molecule has 2 aromatic rings. The predicted octanol–water partition coefficient (Wildman–Crippen LogP) is 2.83. The molecule has 0 saturated carbocycles. The lowest BCUT2D eigenvalue weighted by molar-refractivity contribution is -0.119. The number of hydrogen-bond acceptors (Lipinski definition) is 3. The third-order valence-electron chi connectivity index (χ3n) is 2.50. The normalized spacial score (nSPS) is 10.8. The fourth-order valence-electron chi connectivity index (χ4n) is 1.65. The van der Waals surface area contributed by atoms with Crippen LogP contribution in [0.3, 0.4) is 0 Å². The second kappa shape index (κ2) is 6.56. The summed E-state index contributed by atoms with van der Waals surface area (Å²) in [4.78, 5) is 18.8. The SMILES string of the molecule is CC(C)NC(=O)CSc1ncc(-c2ccc(F)cc2)[nH]1. The average molecular weight is 293 g/mol. The third kappa shape index (κ3) is 4.09. The molecule has 2 N–H and O–H groups in total. The first kappa shape index (κ1) is 14.6. The van der Waals surface area contributed by atoms with Gasteiger partial charge in [0.2, 0.25) is 5.91 Å². The zero-order chi connectivity index (χ0) is 14.5. The molecule has 4 nitrogen and oxygen atoms in total. The second-order valence-corrected chi connectivity index (χ2v) is 5.58. The highest BCUT2D eigenvalue weighted by atomic mass is 32.2. The van der Waals surface area contributed by atoms with Crippen LogP contribution in [0.2, 0.25) is 0 Å². The van der Waals surface area contributed by atoms with Gasteiger partial charge in [-0.3, -0.25) is 4.79 Å². The Morgan fingerprint density at radius 1 is 1.40 bits per heavy atom. The number of nitrogens with zero attached hydrogens (tertiary/aromatic N) is 1. The van der Waals surface area contributed by atoms with Gasteiger partial charge in [-0.05, 0) is 43.7 Å². The first-order chi connectivity index (χ1) is 9.54. The number of benzene rings is 1. The van der Waals surface area contributed by atoms with Gasteiger partial charge in [-0.15, -0.1) is 0 Å². The summed E-state index contributed by atoms with van der Waals surface area (Å²) in [7, 11) is 0. The minimum absolute atomic E-state index is 0.0234. The first-order valence-corrected chi connectivity index (χ1v) is 7.26. The number of thioether (sulfide) groups is 1. The van der Waals surface area contributed by atoms with Crippen molar-refractivity contribution in [2.45, 2.75) is 25.0 Å². The highest BCUT2D eigenvalue weighted by Gasteiger charge is 2.08. The Kier molecular flexibility index (Phi) is 4.79. The van der Waals surface area contributed by atoms with Crippen LogP contribution in [-0.4, -0.2) is 27.7 Å². The van der Waals surface area contributed by atoms with E-state index in [-0.39, 0.29) is 17.8 Å². The zero-order valence-electron chi connectivity index (χ0n) is 11.3. The summed E-state index contributed by atoms with van der Waals surface area (Å²) in [6.45, 7) is 3.84. The fraction of sp³-hybridized carbons (Fsp3) is 0.286. The van der Waals surface area contributed by atoms with Gasteiger partial charge in [0.05, 0.1) is 17.6 Å². The van der Waals surface area contributed by atoms with Crippen LogP contribution in [0.25, 0.3) is 11.3 Å². The van der Waals surface area contributed by atoms with Crippen molar-refractivity contribution in [3.8, 4) is 11.3 Å². The van der Waals surface area contributed by atoms with Gasteiger partial charge in [0, 0.05) is 6.04 Å². The lowest BCUT2D eigenvalue weighted by Crippen LogP contribution is -2.31. The summed E-state index contributed by atoms with van der Waals surface area (Å²) < 4.78 is 12.8. The van der Waals surface area contributed by atoms with Crippen LogP contribution < -0.4 is 5.32 Å². The van der Waals surface area contributed by atoms with Gasteiger partial charge in [0.25, 0.3) is 0 Å². The molecule has 0 aliphatic carbocycles. The number of imidazole rings is 1. The summed E-state index contributed by atoms with van der Waals surface area (Å²) >= 11 is 1.34. The molecule has 0 saturated heterocycles. The predicted molar refractivity (Wildman–Crippen MR) is 78.0 cm³/mol. The maximum Gasteiger partial charge on any atom is 0.230 e. The van der Waals surface area contributed by atoms with E-state index in [0.29, 0.717) is 10.9 Å². The van der Waals surface area contributed by atoms with Crippen LogP contribution in [0.15, 0.2) is 35.6 Å². The number of amides is 1. The molecular weight excluding hydrogens is 277 g/mol. The molecule has 0 spiro atoms. The first-order valence-electron chi connectivity index (χ1n) is 6.27. The molecule has 0 aliphatic rings. The van der Waals surface area contributed by atoms with Gasteiger partial charge in [-0.1, -0.05) is 11.8 Å². The fourth-order valence-corrected chi connectivity index (χ4v) is 2.31. The van der Waals surface area contributed by atoms with Crippen molar-refractivity contribution in [3.05, 3.63) is 36.3 Å². The lowest BCUT2D eigenvalue weighted by Gasteiger charge is -2.06. The molecule has 0 radical (unpaired) electrons. The molecule has 0 fully saturated rings. The van der Waals surface area contributed by atoms with Gasteiger partial charge in [-0.25, -0.2) is 9.37 Å². The Labute approximate surface area is 121 Å². The van der Waals surface area contributed by atoms with E-state index >= 15 is 0 Å². The Hall–Kier alpha value is -1.82. The molecular formula is C14H16FN3OS. The highest BCUT2D eigenvalue weighted by molar-refractivity contribution is 7.99. The van der Waals surface area contributed by atoms with Crippen molar-refractivity contribution in [3.63, 3.8) is 0 Å². The molecule has 6 heteroatoms. The van der Waals surface area contributed by atoms with E-state index in [0.717, 1.165) is 11.3 Å². The smallest absolute Gasteiger partial charge is 0.230 e. The van der Waals surface area contributed by atoms with Gasteiger partial charge >= 0.3 is 0 Å². The van der Waals surface area contributed by atoms with Gasteiger partial charge in [0.15, 0.2) is 5.16 Å². The summed E-state index contributed by atoms with van der Waals surface area (Å²) in [5.74, 6) is 0.0205. The van der Waals surface area contributed by atoms with Crippen molar-refractivity contribution < 1.29 is 9.18 Å². The van der Waals surface area contributed by atoms with E-state index in [9.17, 15) is 9.18 Å². The number of halogens is 1.